The predicted molar refractivity (Wildman–Crippen MR) is 89.2 cm³/mol. The lowest BCUT2D eigenvalue weighted by molar-refractivity contribution is -0.118. The molecule has 0 spiro atoms. The molecule has 1 heterocycles. The number of amides is 2. The number of anilines is 2. The number of halogens is 1. The number of ketones is 1. The van der Waals surface area contributed by atoms with Gasteiger partial charge in [0.05, 0.1) is 11.4 Å². The van der Waals surface area contributed by atoms with Gasteiger partial charge in [0.2, 0.25) is 5.91 Å². The van der Waals surface area contributed by atoms with Crippen molar-refractivity contribution in [2.24, 2.45) is 0 Å². The molecule has 7 heteroatoms. The Kier molecular flexibility index (Phi) is 4.74. The third-order valence-corrected chi connectivity index (χ3v) is 3.66. The van der Waals surface area contributed by atoms with E-state index in [1.54, 1.807) is 18.2 Å². The van der Waals surface area contributed by atoms with Gasteiger partial charge in [-0.05, 0) is 30.3 Å². The van der Waals surface area contributed by atoms with E-state index in [-0.39, 0.29) is 36.8 Å². The molecule has 0 atom stereocenters. The number of carbonyl (C=O) groups excluding carboxylic acids is 3. The van der Waals surface area contributed by atoms with Crippen molar-refractivity contribution in [2.75, 3.05) is 17.2 Å². The van der Waals surface area contributed by atoms with Crippen LogP contribution in [0.5, 0.6) is 5.75 Å². The Hall–Kier alpha value is -3.22. The smallest absolute Gasteiger partial charge is 0.262 e. The normalized spacial score (nSPS) is 12.6. The van der Waals surface area contributed by atoms with E-state index in [9.17, 15) is 18.8 Å². The molecule has 0 bridgehead atoms. The first-order valence-electron chi connectivity index (χ1n) is 7.67. The second-order valence-corrected chi connectivity index (χ2v) is 5.50. The summed E-state index contributed by atoms with van der Waals surface area (Å²) in [5.41, 5.74) is 0.870. The first-order valence-corrected chi connectivity index (χ1v) is 7.67. The van der Waals surface area contributed by atoms with Crippen LogP contribution in [0.4, 0.5) is 15.8 Å². The van der Waals surface area contributed by atoms with Gasteiger partial charge in [-0.1, -0.05) is 12.1 Å². The molecule has 0 aliphatic carbocycles. The van der Waals surface area contributed by atoms with Gasteiger partial charge in [-0.15, -0.1) is 0 Å². The molecule has 0 saturated carbocycles. The van der Waals surface area contributed by atoms with Crippen molar-refractivity contribution in [1.82, 2.24) is 0 Å². The average Bonchev–Trinajstić information content (AvgIpc) is 2.61. The minimum absolute atomic E-state index is 0.0339. The molecule has 1 aliphatic rings. The first-order chi connectivity index (χ1) is 12.0. The number of ether oxygens (including phenoxy) is 1. The molecule has 0 aromatic heterocycles. The zero-order valence-electron chi connectivity index (χ0n) is 13.2. The van der Waals surface area contributed by atoms with E-state index in [4.69, 9.17) is 4.74 Å². The lowest BCUT2D eigenvalue weighted by Gasteiger charge is -2.18. The topological polar surface area (TPSA) is 84.5 Å². The summed E-state index contributed by atoms with van der Waals surface area (Å²) in [5.74, 6) is -1.04. The molecule has 128 valence electrons. The van der Waals surface area contributed by atoms with Crippen LogP contribution >= 0.6 is 0 Å². The van der Waals surface area contributed by atoms with E-state index >= 15 is 0 Å². The molecule has 0 unspecified atom stereocenters. The van der Waals surface area contributed by atoms with Gasteiger partial charge in [-0.3, -0.25) is 14.4 Å². The highest BCUT2D eigenvalue weighted by atomic mass is 19.1. The molecule has 0 saturated heterocycles. The molecule has 6 nitrogen and oxygen atoms in total. The van der Waals surface area contributed by atoms with Gasteiger partial charge in [0.25, 0.3) is 5.91 Å². The van der Waals surface area contributed by atoms with Gasteiger partial charge in [-0.2, -0.15) is 0 Å². The van der Waals surface area contributed by atoms with Crippen LogP contribution in [0.25, 0.3) is 0 Å². The Labute approximate surface area is 143 Å². The Balaban J connectivity index is 1.59. The molecular weight excluding hydrogens is 327 g/mol. The monoisotopic (exact) mass is 342 g/mol. The lowest BCUT2D eigenvalue weighted by Crippen LogP contribution is -2.25. The van der Waals surface area contributed by atoms with Crippen molar-refractivity contribution < 1.29 is 23.5 Å². The number of Topliss-reactive ketones (excluding diaryl/α,β-unsaturated/α-hetero) is 1. The summed E-state index contributed by atoms with van der Waals surface area (Å²) in [4.78, 5) is 35.4. The Morgan fingerprint density at radius 3 is 2.76 bits per heavy atom. The molecule has 25 heavy (non-hydrogen) atoms. The summed E-state index contributed by atoms with van der Waals surface area (Å²) in [7, 11) is 0. The van der Waals surface area contributed by atoms with E-state index in [2.05, 4.69) is 10.6 Å². The number of rotatable bonds is 5. The molecular formula is C18H15FN2O4. The van der Waals surface area contributed by atoms with Gasteiger partial charge >= 0.3 is 0 Å². The number of fused-ring (bicyclic) bond motifs is 1. The van der Waals surface area contributed by atoms with Crippen LogP contribution in [0.15, 0.2) is 42.5 Å². The van der Waals surface area contributed by atoms with Crippen LogP contribution in [0.2, 0.25) is 0 Å². The summed E-state index contributed by atoms with van der Waals surface area (Å²) < 4.78 is 18.7. The van der Waals surface area contributed by atoms with Crippen molar-refractivity contribution >= 4 is 29.0 Å². The molecule has 0 radical (unpaired) electrons. The van der Waals surface area contributed by atoms with Crippen LogP contribution in [-0.2, 0) is 9.59 Å². The van der Waals surface area contributed by atoms with Crippen molar-refractivity contribution in [3.63, 3.8) is 0 Å². The van der Waals surface area contributed by atoms with Crippen LogP contribution in [0.1, 0.15) is 23.2 Å². The predicted octanol–water partition coefficient (Wildman–Crippen LogP) is 2.76. The summed E-state index contributed by atoms with van der Waals surface area (Å²) in [6, 6.07) is 10.5. The van der Waals surface area contributed by atoms with Crippen LogP contribution < -0.4 is 15.4 Å². The average molecular weight is 342 g/mol. The molecule has 3 rings (SSSR count). The fourth-order valence-corrected chi connectivity index (χ4v) is 2.40. The van der Waals surface area contributed by atoms with E-state index in [1.165, 1.54) is 24.3 Å². The fourth-order valence-electron chi connectivity index (χ4n) is 2.40. The SMILES string of the molecule is O=C(CCC(=O)c1ccc2c(c1)NC(=O)CO2)Nc1ccccc1F. The number of para-hydroxylation sites is 1. The zero-order chi connectivity index (χ0) is 17.8. The Morgan fingerprint density at radius 2 is 1.96 bits per heavy atom. The minimum Gasteiger partial charge on any atom is -0.482 e. The molecule has 0 fully saturated rings. The van der Waals surface area contributed by atoms with E-state index < -0.39 is 11.7 Å². The minimum atomic E-state index is -0.535. The van der Waals surface area contributed by atoms with Crippen molar-refractivity contribution in [2.45, 2.75) is 12.8 Å². The van der Waals surface area contributed by atoms with Crippen LogP contribution in [0.3, 0.4) is 0 Å². The number of hydrogen-bond donors (Lipinski definition) is 2. The Morgan fingerprint density at radius 1 is 1.16 bits per heavy atom. The maximum Gasteiger partial charge on any atom is 0.262 e. The standard InChI is InChI=1S/C18H15FN2O4/c19-12-3-1-2-4-13(12)20-17(23)8-6-15(22)11-5-7-16-14(9-11)21-18(24)10-25-16/h1-5,7,9H,6,8,10H2,(H,20,23)(H,21,24). The highest BCUT2D eigenvalue weighted by Gasteiger charge is 2.18. The largest absolute Gasteiger partial charge is 0.482 e. The summed E-state index contributed by atoms with van der Waals surface area (Å²) in [5, 5.41) is 5.05. The van der Waals surface area contributed by atoms with E-state index in [0.29, 0.717) is 17.0 Å². The zero-order valence-corrected chi connectivity index (χ0v) is 13.2. The van der Waals surface area contributed by atoms with Crippen molar-refractivity contribution in [1.29, 1.82) is 0 Å². The van der Waals surface area contributed by atoms with Gasteiger partial charge in [-0.25, -0.2) is 4.39 Å². The van der Waals surface area contributed by atoms with Crippen molar-refractivity contribution in [3.05, 3.63) is 53.8 Å². The molecule has 2 N–H and O–H groups in total. The molecule has 2 aromatic rings. The quantitative estimate of drug-likeness (QED) is 0.818. The molecule has 2 amide bonds. The van der Waals surface area contributed by atoms with E-state index in [0.717, 1.165) is 0 Å². The first kappa shape index (κ1) is 16.6. The number of hydrogen-bond acceptors (Lipinski definition) is 4. The third kappa shape index (κ3) is 4.00. The third-order valence-electron chi connectivity index (χ3n) is 3.66. The Bertz CT molecular complexity index is 851. The second-order valence-electron chi connectivity index (χ2n) is 5.50. The number of carbonyl (C=O) groups is 3. The molecule has 1 aliphatic heterocycles. The highest BCUT2D eigenvalue weighted by Crippen LogP contribution is 2.29. The number of benzene rings is 2. The van der Waals surface area contributed by atoms with Crippen molar-refractivity contribution in [3.8, 4) is 5.75 Å². The maximum absolute atomic E-state index is 13.5. The summed E-state index contributed by atoms with van der Waals surface area (Å²) >= 11 is 0. The lowest BCUT2D eigenvalue weighted by atomic mass is 10.0. The highest BCUT2D eigenvalue weighted by molar-refractivity contribution is 6.02. The van der Waals surface area contributed by atoms with Crippen LogP contribution in [-0.4, -0.2) is 24.2 Å². The second kappa shape index (κ2) is 7.12. The van der Waals surface area contributed by atoms with E-state index in [1.807, 2.05) is 0 Å². The van der Waals surface area contributed by atoms with Crippen LogP contribution in [0, 0.1) is 5.82 Å². The summed E-state index contributed by atoms with van der Waals surface area (Å²) in [6.07, 6.45) is -0.110. The van der Waals surface area contributed by atoms with Gasteiger partial charge < -0.3 is 15.4 Å². The van der Waals surface area contributed by atoms with Gasteiger partial charge in [0.15, 0.2) is 12.4 Å². The van der Waals surface area contributed by atoms with Gasteiger partial charge in [0, 0.05) is 18.4 Å². The number of nitrogens with one attached hydrogen (secondary N) is 2. The maximum atomic E-state index is 13.5. The fraction of sp³-hybridized carbons (Fsp3) is 0.167. The molecule has 2 aromatic carbocycles. The summed E-state index contributed by atoms with van der Waals surface area (Å²) in [6.45, 7) is -0.0590. The van der Waals surface area contributed by atoms with Gasteiger partial charge in [0.1, 0.15) is 11.6 Å².